The van der Waals surface area contributed by atoms with Crippen LogP contribution >= 0.6 is 0 Å². The third-order valence-electron chi connectivity index (χ3n) is 8.78. The van der Waals surface area contributed by atoms with Crippen LogP contribution in [0.15, 0.2) is 103 Å². The first kappa shape index (κ1) is 24.8. The number of Topliss-reactive ketones (excluding diaryl/α,β-unsaturated/α-hetero) is 3. The zero-order valence-corrected chi connectivity index (χ0v) is 22.1. The van der Waals surface area contributed by atoms with Gasteiger partial charge in [0.05, 0.1) is 11.0 Å². The van der Waals surface area contributed by atoms with E-state index in [1.54, 1.807) is 24.3 Å². The molecule has 3 atom stereocenters. The van der Waals surface area contributed by atoms with E-state index >= 15 is 0 Å². The fraction of sp³-hybridized carbons (Fsp3) is 0.147. The number of nitro groups is 1. The lowest BCUT2D eigenvalue weighted by Crippen LogP contribution is -2.48. The van der Waals surface area contributed by atoms with Gasteiger partial charge in [-0.1, -0.05) is 84.4 Å². The molecule has 7 heteroatoms. The van der Waals surface area contributed by atoms with Gasteiger partial charge in [-0.05, 0) is 36.2 Å². The van der Waals surface area contributed by atoms with Crippen molar-refractivity contribution in [1.82, 2.24) is 0 Å². The molecule has 4 aromatic carbocycles. The minimum atomic E-state index is -1.58. The second kappa shape index (κ2) is 8.93. The summed E-state index contributed by atoms with van der Waals surface area (Å²) in [5, 5.41) is 11.3. The minimum Gasteiger partial charge on any atom is -0.352 e. The Hall–Kier alpha value is -5.17. The maximum Gasteiger partial charge on any atom is 0.269 e. The first-order valence-corrected chi connectivity index (χ1v) is 13.4. The molecule has 0 unspecified atom stereocenters. The predicted octanol–water partition coefficient (Wildman–Crippen LogP) is 6.22. The molecule has 2 aliphatic heterocycles. The van der Waals surface area contributed by atoms with Crippen LogP contribution in [0.4, 0.5) is 11.4 Å². The van der Waals surface area contributed by atoms with Crippen LogP contribution in [-0.4, -0.2) is 34.4 Å². The highest BCUT2D eigenvalue weighted by atomic mass is 16.6. The van der Waals surface area contributed by atoms with E-state index in [0.29, 0.717) is 16.7 Å². The van der Waals surface area contributed by atoms with Crippen molar-refractivity contribution in [3.63, 3.8) is 0 Å². The number of hydrogen-bond acceptors (Lipinski definition) is 6. The van der Waals surface area contributed by atoms with Crippen LogP contribution < -0.4 is 4.90 Å². The van der Waals surface area contributed by atoms with E-state index in [9.17, 15) is 24.5 Å². The van der Waals surface area contributed by atoms with E-state index in [0.717, 1.165) is 16.8 Å². The summed E-state index contributed by atoms with van der Waals surface area (Å²) in [5.74, 6) is -1.71. The standard InChI is InChI=1S/C34H24N2O5/c1-20-10-12-22(13-11-20)29-30(31(37)23-14-17-24(18-15-23)36(40)41)35-27-9-5-2-6-21(27)16-19-28(35)34(29)32(38)25-7-3-4-8-26(25)33(34)39/h2-19,28-30H,1H3/t28-,29-,30+/m0/s1. The first-order valence-electron chi connectivity index (χ1n) is 13.4. The molecule has 3 aliphatic rings. The molecule has 0 radical (unpaired) electrons. The molecule has 1 fully saturated rings. The molecule has 1 aliphatic carbocycles. The molecule has 4 aromatic rings. The molecule has 0 bridgehead atoms. The van der Waals surface area contributed by atoms with E-state index < -0.39 is 28.3 Å². The van der Waals surface area contributed by atoms with Crippen LogP contribution in [0, 0.1) is 22.5 Å². The summed E-state index contributed by atoms with van der Waals surface area (Å²) in [6.45, 7) is 1.96. The largest absolute Gasteiger partial charge is 0.352 e. The van der Waals surface area contributed by atoms with E-state index in [2.05, 4.69) is 0 Å². The van der Waals surface area contributed by atoms with Gasteiger partial charge < -0.3 is 4.90 Å². The predicted molar refractivity (Wildman–Crippen MR) is 154 cm³/mol. The van der Waals surface area contributed by atoms with Gasteiger partial charge in [0.2, 0.25) is 0 Å². The van der Waals surface area contributed by atoms with Crippen LogP contribution in [0.25, 0.3) is 6.08 Å². The minimum absolute atomic E-state index is 0.125. The molecular formula is C34H24N2O5. The number of aryl methyl sites for hydroxylation is 1. The van der Waals surface area contributed by atoms with Gasteiger partial charge in [0, 0.05) is 40.4 Å². The van der Waals surface area contributed by atoms with Gasteiger partial charge in [-0.2, -0.15) is 0 Å². The van der Waals surface area contributed by atoms with Gasteiger partial charge in [-0.15, -0.1) is 0 Å². The molecule has 2 heterocycles. The maximum atomic E-state index is 14.6. The highest BCUT2D eigenvalue weighted by Gasteiger charge is 2.71. The number of non-ortho nitro benzene ring substituents is 1. The number of carbonyl (C=O) groups is 3. The molecule has 1 spiro atoms. The Balaban J connectivity index is 1.52. The molecular weight excluding hydrogens is 516 g/mol. The van der Waals surface area contributed by atoms with Gasteiger partial charge in [0.1, 0.15) is 11.5 Å². The fourth-order valence-corrected chi connectivity index (χ4v) is 6.98. The SMILES string of the molecule is Cc1ccc([C@H]2[C@H](C(=O)c3ccc([N+](=O)[O-])cc3)N3c4ccccc4C=C[C@H]3C23C(=O)c2ccccc2C3=O)cc1. The lowest BCUT2D eigenvalue weighted by atomic mass is 9.64. The zero-order chi connectivity index (χ0) is 28.5. The molecule has 200 valence electrons. The first-order chi connectivity index (χ1) is 19.8. The summed E-state index contributed by atoms with van der Waals surface area (Å²) >= 11 is 0. The Morgan fingerprint density at radius 2 is 1.44 bits per heavy atom. The molecule has 0 saturated carbocycles. The zero-order valence-electron chi connectivity index (χ0n) is 22.1. The van der Waals surface area contributed by atoms with Gasteiger partial charge in [0.15, 0.2) is 17.3 Å². The lowest BCUT2D eigenvalue weighted by molar-refractivity contribution is -0.384. The summed E-state index contributed by atoms with van der Waals surface area (Å²) in [4.78, 5) is 56.6. The third-order valence-corrected chi connectivity index (χ3v) is 8.78. The summed E-state index contributed by atoms with van der Waals surface area (Å²) in [6.07, 6.45) is 3.81. The number of para-hydroxylation sites is 1. The highest BCUT2D eigenvalue weighted by Crippen LogP contribution is 2.60. The maximum absolute atomic E-state index is 14.6. The topological polar surface area (TPSA) is 97.6 Å². The Morgan fingerprint density at radius 1 is 0.829 bits per heavy atom. The van der Waals surface area contributed by atoms with Crippen molar-refractivity contribution in [2.75, 3.05) is 4.90 Å². The van der Waals surface area contributed by atoms with Gasteiger partial charge >= 0.3 is 0 Å². The second-order valence-corrected chi connectivity index (χ2v) is 10.8. The second-order valence-electron chi connectivity index (χ2n) is 10.8. The number of anilines is 1. The monoisotopic (exact) mass is 540 g/mol. The van der Waals surface area contributed by atoms with Crippen LogP contribution in [0.3, 0.4) is 0 Å². The van der Waals surface area contributed by atoms with Crippen molar-refractivity contribution < 1.29 is 19.3 Å². The number of hydrogen-bond donors (Lipinski definition) is 0. The molecule has 0 N–H and O–H groups in total. The molecule has 41 heavy (non-hydrogen) atoms. The fourth-order valence-electron chi connectivity index (χ4n) is 6.98. The van der Waals surface area contributed by atoms with Crippen LogP contribution in [-0.2, 0) is 0 Å². The Labute approximate surface area is 235 Å². The van der Waals surface area contributed by atoms with Gasteiger partial charge in [-0.25, -0.2) is 0 Å². The van der Waals surface area contributed by atoms with Crippen molar-refractivity contribution >= 4 is 34.8 Å². The van der Waals surface area contributed by atoms with Crippen molar-refractivity contribution in [1.29, 1.82) is 0 Å². The smallest absolute Gasteiger partial charge is 0.269 e. The van der Waals surface area contributed by atoms with Crippen molar-refractivity contribution in [3.8, 4) is 0 Å². The Morgan fingerprint density at radius 3 is 2.07 bits per heavy atom. The van der Waals surface area contributed by atoms with E-state index in [-0.39, 0.29) is 28.6 Å². The normalized spacial score (nSPS) is 21.5. The van der Waals surface area contributed by atoms with E-state index in [1.165, 1.54) is 24.3 Å². The molecule has 7 nitrogen and oxygen atoms in total. The highest BCUT2D eigenvalue weighted by molar-refractivity contribution is 6.32. The number of nitro benzene ring substituents is 1. The van der Waals surface area contributed by atoms with Gasteiger partial charge in [-0.3, -0.25) is 24.5 Å². The summed E-state index contributed by atoms with van der Waals surface area (Å²) in [7, 11) is 0. The Kier molecular flexibility index (Phi) is 5.41. The quantitative estimate of drug-likeness (QED) is 0.132. The molecule has 7 rings (SSSR count). The van der Waals surface area contributed by atoms with E-state index in [1.807, 2.05) is 72.5 Å². The summed E-state index contributed by atoms with van der Waals surface area (Å²) in [5.41, 5.74) is 2.65. The number of benzene rings is 4. The number of rotatable bonds is 4. The van der Waals surface area contributed by atoms with Crippen molar-refractivity contribution in [2.24, 2.45) is 5.41 Å². The number of carbonyl (C=O) groups excluding carboxylic acids is 3. The number of nitrogens with zero attached hydrogens (tertiary/aromatic N) is 2. The molecule has 0 aromatic heterocycles. The van der Waals surface area contributed by atoms with Crippen LogP contribution in [0.1, 0.15) is 53.7 Å². The van der Waals surface area contributed by atoms with Crippen LogP contribution in [0.2, 0.25) is 0 Å². The summed E-state index contributed by atoms with van der Waals surface area (Å²) < 4.78 is 0. The summed E-state index contributed by atoms with van der Waals surface area (Å²) in [6, 6.07) is 26.0. The van der Waals surface area contributed by atoms with Crippen molar-refractivity contribution in [2.45, 2.75) is 24.9 Å². The third kappa shape index (κ3) is 3.35. The molecule has 1 saturated heterocycles. The average molecular weight is 541 g/mol. The van der Waals surface area contributed by atoms with Crippen molar-refractivity contribution in [3.05, 3.63) is 147 Å². The average Bonchev–Trinajstić information content (AvgIpc) is 3.43. The van der Waals surface area contributed by atoms with Crippen LogP contribution in [0.5, 0.6) is 0 Å². The number of fused-ring (bicyclic) bond motifs is 5. The van der Waals surface area contributed by atoms with E-state index in [4.69, 9.17) is 0 Å². The lowest BCUT2D eigenvalue weighted by Gasteiger charge is -2.37. The Bertz CT molecular complexity index is 1770. The molecule has 0 amide bonds. The number of ketones is 3. The van der Waals surface area contributed by atoms with Gasteiger partial charge in [0.25, 0.3) is 5.69 Å².